The van der Waals surface area contributed by atoms with E-state index in [1.807, 2.05) is 0 Å². The number of hydrogen-bond donors (Lipinski definition) is 0. The summed E-state index contributed by atoms with van der Waals surface area (Å²) in [4.78, 5) is 0. The van der Waals surface area contributed by atoms with Gasteiger partial charge in [0.25, 0.3) is 0 Å². The van der Waals surface area contributed by atoms with Crippen LogP contribution in [0.4, 0.5) is 0 Å². The summed E-state index contributed by atoms with van der Waals surface area (Å²) in [5, 5.41) is 0. The van der Waals surface area contributed by atoms with Gasteiger partial charge in [0, 0.05) is 26.0 Å². The Bertz CT molecular complexity index is 193. The standard InChI is InChI=1S/C8H13NO/c1-8-3-4-9(7-8)5-6-10-2/h3-4,7H,5-6H2,1-2H3. The molecule has 0 fully saturated rings. The quantitative estimate of drug-likeness (QED) is 0.618. The zero-order chi connectivity index (χ0) is 7.40. The predicted octanol–water partition coefficient (Wildman–Crippen LogP) is 1.44. The maximum Gasteiger partial charge on any atom is 0.0641 e. The summed E-state index contributed by atoms with van der Waals surface area (Å²) >= 11 is 0. The molecule has 0 aliphatic carbocycles. The van der Waals surface area contributed by atoms with Crippen LogP contribution in [0.25, 0.3) is 0 Å². The highest BCUT2D eigenvalue weighted by molar-refractivity contribution is 5.06. The van der Waals surface area contributed by atoms with Crippen LogP contribution in [-0.4, -0.2) is 18.3 Å². The SMILES string of the molecule is COCCn1ccc(C)c1. The van der Waals surface area contributed by atoms with E-state index in [4.69, 9.17) is 4.74 Å². The van der Waals surface area contributed by atoms with Gasteiger partial charge in [0.15, 0.2) is 0 Å². The third-order valence-electron chi connectivity index (χ3n) is 1.45. The van der Waals surface area contributed by atoms with Crippen molar-refractivity contribution in [3.05, 3.63) is 24.0 Å². The first-order chi connectivity index (χ1) is 4.83. The van der Waals surface area contributed by atoms with Crippen LogP contribution in [0.3, 0.4) is 0 Å². The monoisotopic (exact) mass is 139 g/mol. The second-order valence-corrected chi connectivity index (χ2v) is 2.42. The Morgan fingerprint density at radius 2 is 2.40 bits per heavy atom. The van der Waals surface area contributed by atoms with Gasteiger partial charge in [-0.3, -0.25) is 0 Å². The highest BCUT2D eigenvalue weighted by atomic mass is 16.5. The van der Waals surface area contributed by atoms with Crippen LogP contribution in [0.5, 0.6) is 0 Å². The number of ether oxygens (including phenoxy) is 1. The number of rotatable bonds is 3. The second-order valence-electron chi connectivity index (χ2n) is 2.42. The summed E-state index contributed by atoms with van der Waals surface area (Å²) < 4.78 is 7.06. The first-order valence-electron chi connectivity index (χ1n) is 3.44. The minimum absolute atomic E-state index is 0.786. The van der Waals surface area contributed by atoms with Crippen LogP contribution in [0, 0.1) is 6.92 Å². The van der Waals surface area contributed by atoms with Gasteiger partial charge in [0.1, 0.15) is 0 Å². The summed E-state index contributed by atoms with van der Waals surface area (Å²) in [6.45, 7) is 3.82. The van der Waals surface area contributed by atoms with Gasteiger partial charge in [-0.25, -0.2) is 0 Å². The maximum absolute atomic E-state index is 4.93. The normalized spacial score (nSPS) is 10.2. The summed E-state index contributed by atoms with van der Waals surface area (Å²) in [5.74, 6) is 0. The molecule has 0 saturated heterocycles. The van der Waals surface area contributed by atoms with Gasteiger partial charge >= 0.3 is 0 Å². The van der Waals surface area contributed by atoms with E-state index in [1.54, 1.807) is 7.11 Å². The summed E-state index contributed by atoms with van der Waals surface area (Å²) in [6, 6.07) is 2.09. The molecule has 0 unspecified atom stereocenters. The third kappa shape index (κ3) is 1.88. The molecule has 0 aromatic carbocycles. The Hall–Kier alpha value is -0.760. The predicted molar refractivity (Wildman–Crippen MR) is 41.0 cm³/mol. The Kier molecular flexibility index (Phi) is 2.51. The highest BCUT2D eigenvalue weighted by Crippen LogP contribution is 1.97. The van der Waals surface area contributed by atoms with E-state index >= 15 is 0 Å². The van der Waals surface area contributed by atoms with Crippen LogP contribution >= 0.6 is 0 Å². The molecule has 2 heteroatoms. The molecule has 0 amide bonds. The molecular weight excluding hydrogens is 126 g/mol. The van der Waals surface area contributed by atoms with Crippen molar-refractivity contribution in [2.75, 3.05) is 13.7 Å². The average molecular weight is 139 g/mol. The first kappa shape index (κ1) is 7.35. The lowest BCUT2D eigenvalue weighted by molar-refractivity contribution is 0.187. The van der Waals surface area contributed by atoms with E-state index in [2.05, 4.69) is 30.0 Å². The lowest BCUT2D eigenvalue weighted by Crippen LogP contribution is -2.00. The van der Waals surface area contributed by atoms with Gasteiger partial charge in [-0.1, -0.05) is 0 Å². The Morgan fingerprint density at radius 1 is 1.60 bits per heavy atom. The fraction of sp³-hybridized carbons (Fsp3) is 0.500. The van der Waals surface area contributed by atoms with E-state index in [0.717, 1.165) is 13.2 Å². The lowest BCUT2D eigenvalue weighted by Gasteiger charge is -1.99. The summed E-state index contributed by atoms with van der Waals surface area (Å²) in [7, 11) is 1.72. The van der Waals surface area contributed by atoms with Crippen molar-refractivity contribution < 1.29 is 4.74 Å². The fourth-order valence-corrected chi connectivity index (χ4v) is 0.897. The molecule has 0 saturated carbocycles. The molecule has 0 atom stereocenters. The van der Waals surface area contributed by atoms with Crippen LogP contribution in [0.1, 0.15) is 5.56 Å². The maximum atomic E-state index is 4.93. The minimum Gasteiger partial charge on any atom is -0.383 e. The summed E-state index contributed by atoms with van der Waals surface area (Å²) in [5.41, 5.74) is 1.30. The van der Waals surface area contributed by atoms with Crippen molar-refractivity contribution in [1.29, 1.82) is 0 Å². The van der Waals surface area contributed by atoms with Crippen molar-refractivity contribution in [1.82, 2.24) is 4.57 Å². The van der Waals surface area contributed by atoms with Crippen molar-refractivity contribution in [3.63, 3.8) is 0 Å². The number of methoxy groups -OCH3 is 1. The number of hydrogen-bond acceptors (Lipinski definition) is 1. The topological polar surface area (TPSA) is 14.2 Å². The van der Waals surface area contributed by atoms with Crippen LogP contribution in [-0.2, 0) is 11.3 Å². The smallest absolute Gasteiger partial charge is 0.0641 e. The minimum atomic E-state index is 0.786. The van der Waals surface area contributed by atoms with Gasteiger partial charge in [-0.05, 0) is 18.6 Å². The van der Waals surface area contributed by atoms with E-state index in [0.29, 0.717) is 0 Å². The van der Waals surface area contributed by atoms with Crippen LogP contribution in [0.2, 0.25) is 0 Å². The van der Waals surface area contributed by atoms with Crippen LogP contribution < -0.4 is 0 Å². The Labute approximate surface area is 61.4 Å². The molecule has 0 radical (unpaired) electrons. The van der Waals surface area contributed by atoms with Gasteiger partial charge in [-0.15, -0.1) is 0 Å². The molecule has 0 aliphatic heterocycles. The van der Waals surface area contributed by atoms with E-state index in [1.165, 1.54) is 5.56 Å². The molecule has 10 heavy (non-hydrogen) atoms. The molecule has 0 aliphatic rings. The van der Waals surface area contributed by atoms with Gasteiger partial charge < -0.3 is 9.30 Å². The molecule has 0 spiro atoms. The fourth-order valence-electron chi connectivity index (χ4n) is 0.897. The van der Waals surface area contributed by atoms with Gasteiger partial charge in [0.05, 0.1) is 6.61 Å². The molecule has 2 nitrogen and oxygen atoms in total. The van der Waals surface area contributed by atoms with Crippen molar-refractivity contribution in [3.8, 4) is 0 Å². The molecular formula is C8H13NO. The first-order valence-corrected chi connectivity index (χ1v) is 3.44. The average Bonchev–Trinajstić information content (AvgIpc) is 2.31. The van der Waals surface area contributed by atoms with Crippen molar-refractivity contribution in [2.24, 2.45) is 0 Å². The van der Waals surface area contributed by atoms with E-state index in [-0.39, 0.29) is 0 Å². The Morgan fingerprint density at radius 3 is 2.90 bits per heavy atom. The third-order valence-corrected chi connectivity index (χ3v) is 1.45. The highest BCUT2D eigenvalue weighted by Gasteiger charge is 1.89. The number of aromatic nitrogens is 1. The van der Waals surface area contributed by atoms with E-state index in [9.17, 15) is 0 Å². The molecule has 1 rings (SSSR count). The number of aryl methyl sites for hydroxylation is 1. The zero-order valence-electron chi connectivity index (χ0n) is 6.50. The molecule has 0 N–H and O–H groups in total. The lowest BCUT2D eigenvalue weighted by atomic mass is 10.4. The second kappa shape index (κ2) is 3.42. The van der Waals surface area contributed by atoms with Crippen LogP contribution in [0.15, 0.2) is 18.5 Å². The molecule has 56 valence electrons. The summed E-state index contributed by atoms with van der Waals surface area (Å²) in [6.07, 6.45) is 4.17. The molecule has 1 aromatic heterocycles. The Balaban J connectivity index is 2.42. The van der Waals surface area contributed by atoms with Crippen molar-refractivity contribution >= 4 is 0 Å². The molecule has 1 heterocycles. The number of nitrogens with zero attached hydrogens (tertiary/aromatic N) is 1. The van der Waals surface area contributed by atoms with Crippen molar-refractivity contribution in [2.45, 2.75) is 13.5 Å². The van der Waals surface area contributed by atoms with E-state index < -0.39 is 0 Å². The zero-order valence-corrected chi connectivity index (χ0v) is 6.50. The largest absolute Gasteiger partial charge is 0.383 e. The van der Waals surface area contributed by atoms with Gasteiger partial charge in [-0.2, -0.15) is 0 Å². The molecule has 1 aromatic rings. The van der Waals surface area contributed by atoms with Gasteiger partial charge in [0.2, 0.25) is 0 Å². The molecule has 0 bridgehead atoms.